The predicted molar refractivity (Wildman–Crippen MR) is 103 cm³/mol. The Morgan fingerprint density at radius 2 is 2.00 bits per heavy atom. The number of hydrogen-bond donors (Lipinski definition) is 1. The van der Waals surface area contributed by atoms with Gasteiger partial charge >= 0.3 is 0 Å². The average Bonchev–Trinajstić information content (AvgIpc) is 3.43. The van der Waals surface area contributed by atoms with Gasteiger partial charge in [0.05, 0.1) is 24.3 Å². The summed E-state index contributed by atoms with van der Waals surface area (Å²) in [5, 5.41) is 11.2. The minimum Gasteiger partial charge on any atom is -0.348 e. The molecule has 2 amide bonds. The van der Waals surface area contributed by atoms with Crippen LogP contribution in [0, 0.1) is 6.92 Å². The second-order valence-corrected chi connectivity index (χ2v) is 7.83. The first-order valence-corrected chi connectivity index (χ1v) is 10.0. The van der Waals surface area contributed by atoms with Gasteiger partial charge in [0.2, 0.25) is 0 Å². The van der Waals surface area contributed by atoms with Gasteiger partial charge in [-0.25, -0.2) is 4.68 Å². The summed E-state index contributed by atoms with van der Waals surface area (Å²) in [7, 11) is 0. The third-order valence-corrected chi connectivity index (χ3v) is 5.62. The van der Waals surface area contributed by atoms with Crippen molar-refractivity contribution in [2.24, 2.45) is 0 Å². The number of carbonyl (C=O) groups is 2. The van der Waals surface area contributed by atoms with Gasteiger partial charge in [-0.15, -0.1) is 5.10 Å². The number of likely N-dealkylation sites (tertiary alicyclic amines) is 1. The zero-order chi connectivity index (χ0) is 19.5. The summed E-state index contributed by atoms with van der Waals surface area (Å²) in [4.78, 5) is 31.2. The van der Waals surface area contributed by atoms with Crippen molar-refractivity contribution in [1.29, 1.82) is 0 Å². The number of amides is 2. The highest BCUT2D eigenvalue weighted by atomic mass is 16.2. The number of pyridine rings is 1. The molecule has 0 bridgehead atoms. The number of hydrogen-bond acceptors (Lipinski definition) is 5. The summed E-state index contributed by atoms with van der Waals surface area (Å²) in [5.41, 5.74) is 1.92. The van der Waals surface area contributed by atoms with Crippen LogP contribution < -0.4 is 5.32 Å². The van der Waals surface area contributed by atoms with E-state index in [1.165, 1.54) is 12.8 Å². The van der Waals surface area contributed by atoms with Crippen molar-refractivity contribution in [1.82, 2.24) is 30.2 Å². The summed E-state index contributed by atoms with van der Waals surface area (Å²) in [6.45, 7) is 3.19. The zero-order valence-electron chi connectivity index (χ0n) is 16.2. The van der Waals surface area contributed by atoms with E-state index in [1.54, 1.807) is 23.3 Å². The van der Waals surface area contributed by atoms with Gasteiger partial charge in [-0.05, 0) is 44.2 Å². The maximum Gasteiger partial charge on any atom is 0.273 e. The Balaban J connectivity index is 1.40. The molecule has 2 aliphatic rings. The third-order valence-electron chi connectivity index (χ3n) is 5.62. The van der Waals surface area contributed by atoms with Crippen molar-refractivity contribution in [3.05, 3.63) is 41.5 Å². The largest absolute Gasteiger partial charge is 0.348 e. The van der Waals surface area contributed by atoms with Gasteiger partial charge in [-0.2, -0.15) is 0 Å². The molecule has 28 heavy (non-hydrogen) atoms. The fourth-order valence-electron chi connectivity index (χ4n) is 4.17. The molecule has 0 radical (unpaired) electrons. The average molecular weight is 382 g/mol. The predicted octanol–water partition coefficient (Wildman–Crippen LogP) is 1.96. The van der Waals surface area contributed by atoms with E-state index in [0.29, 0.717) is 17.8 Å². The van der Waals surface area contributed by atoms with Gasteiger partial charge in [-0.1, -0.05) is 18.1 Å². The molecule has 1 N–H and O–H groups in total. The van der Waals surface area contributed by atoms with Crippen LogP contribution in [-0.4, -0.2) is 55.3 Å². The number of nitrogens with zero attached hydrogens (tertiary/aromatic N) is 5. The first kappa shape index (κ1) is 18.6. The molecule has 2 aromatic rings. The fraction of sp³-hybridized carbons (Fsp3) is 0.550. The summed E-state index contributed by atoms with van der Waals surface area (Å²) in [6, 6.07) is 2.16. The summed E-state index contributed by atoms with van der Waals surface area (Å²) in [6.07, 6.45) is 11.3. The fourth-order valence-corrected chi connectivity index (χ4v) is 4.17. The van der Waals surface area contributed by atoms with E-state index in [1.807, 2.05) is 17.9 Å². The number of aromatic nitrogens is 4. The zero-order valence-corrected chi connectivity index (χ0v) is 16.2. The smallest absolute Gasteiger partial charge is 0.273 e. The molecule has 0 aromatic carbocycles. The van der Waals surface area contributed by atoms with Crippen molar-refractivity contribution in [3.8, 4) is 0 Å². The molecular weight excluding hydrogens is 356 g/mol. The number of rotatable bonds is 5. The Hall–Kier alpha value is -2.77. The van der Waals surface area contributed by atoms with Crippen LogP contribution in [0.25, 0.3) is 0 Å². The molecule has 0 spiro atoms. The maximum atomic E-state index is 12.9. The lowest BCUT2D eigenvalue weighted by Crippen LogP contribution is -2.38. The Labute approximate surface area is 164 Å². The number of nitrogens with one attached hydrogen (secondary N) is 1. The molecule has 1 aliphatic heterocycles. The molecule has 4 rings (SSSR count). The van der Waals surface area contributed by atoms with Crippen molar-refractivity contribution < 1.29 is 9.59 Å². The van der Waals surface area contributed by atoms with Crippen molar-refractivity contribution in [2.75, 3.05) is 6.54 Å². The summed E-state index contributed by atoms with van der Waals surface area (Å²) >= 11 is 0. The monoisotopic (exact) mass is 382 g/mol. The van der Waals surface area contributed by atoms with E-state index in [2.05, 4.69) is 20.6 Å². The van der Waals surface area contributed by atoms with Gasteiger partial charge in [-0.3, -0.25) is 14.6 Å². The topological polar surface area (TPSA) is 93.0 Å². The molecule has 3 heterocycles. The molecule has 2 fully saturated rings. The molecule has 8 nitrogen and oxygen atoms in total. The SMILES string of the molecule is Cc1cncc(C(=O)N2CCC[C@H]2Cn2cc(C(=O)NC3CCCC3)nn2)c1. The molecule has 148 valence electrons. The van der Waals surface area contributed by atoms with Crippen LogP contribution in [0.2, 0.25) is 0 Å². The maximum absolute atomic E-state index is 12.9. The lowest BCUT2D eigenvalue weighted by Gasteiger charge is -2.24. The van der Waals surface area contributed by atoms with Gasteiger partial charge < -0.3 is 10.2 Å². The minimum atomic E-state index is -0.164. The van der Waals surface area contributed by atoms with E-state index >= 15 is 0 Å². The van der Waals surface area contributed by atoms with Gasteiger partial charge in [0, 0.05) is 25.0 Å². The minimum absolute atomic E-state index is 0.00184. The van der Waals surface area contributed by atoms with E-state index < -0.39 is 0 Å². The molecule has 0 unspecified atom stereocenters. The quantitative estimate of drug-likeness (QED) is 0.853. The molecule has 2 aromatic heterocycles. The molecule has 1 atom stereocenters. The van der Waals surface area contributed by atoms with Gasteiger partial charge in [0.25, 0.3) is 11.8 Å². The van der Waals surface area contributed by atoms with Crippen molar-refractivity contribution in [2.45, 2.75) is 64.1 Å². The van der Waals surface area contributed by atoms with Crippen LogP contribution in [0.5, 0.6) is 0 Å². The van der Waals surface area contributed by atoms with E-state index in [9.17, 15) is 9.59 Å². The number of aryl methyl sites for hydroxylation is 1. The summed E-state index contributed by atoms with van der Waals surface area (Å²) in [5.74, 6) is -0.165. The van der Waals surface area contributed by atoms with Crippen molar-refractivity contribution >= 4 is 11.8 Å². The molecular formula is C20H26N6O2. The third kappa shape index (κ3) is 4.05. The van der Waals surface area contributed by atoms with Gasteiger partial charge in [0.1, 0.15) is 0 Å². The van der Waals surface area contributed by atoms with E-state index in [-0.39, 0.29) is 23.9 Å². The van der Waals surface area contributed by atoms with E-state index in [4.69, 9.17) is 0 Å². The van der Waals surface area contributed by atoms with E-state index in [0.717, 1.165) is 37.8 Å². The Bertz CT molecular complexity index is 858. The highest BCUT2D eigenvalue weighted by Gasteiger charge is 2.30. The summed E-state index contributed by atoms with van der Waals surface area (Å²) < 4.78 is 1.67. The Morgan fingerprint density at radius 3 is 2.79 bits per heavy atom. The lowest BCUT2D eigenvalue weighted by molar-refractivity contribution is 0.0720. The first-order chi connectivity index (χ1) is 13.6. The highest BCUT2D eigenvalue weighted by molar-refractivity contribution is 5.94. The normalized spacial score (nSPS) is 19.9. The van der Waals surface area contributed by atoms with Crippen molar-refractivity contribution in [3.63, 3.8) is 0 Å². The van der Waals surface area contributed by atoms with Gasteiger partial charge in [0.15, 0.2) is 5.69 Å². The highest BCUT2D eigenvalue weighted by Crippen LogP contribution is 2.22. The second-order valence-electron chi connectivity index (χ2n) is 7.83. The first-order valence-electron chi connectivity index (χ1n) is 10.0. The lowest BCUT2D eigenvalue weighted by atomic mass is 10.1. The van der Waals surface area contributed by atoms with Crippen LogP contribution in [0.1, 0.15) is 64.9 Å². The van der Waals surface area contributed by atoms with Crippen LogP contribution in [0.15, 0.2) is 24.7 Å². The standard InChI is InChI=1S/C20H26N6O2/c1-14-9-15(11-21-10-14)20(28)26-8-4-7-17(26)12-25-13-18(23-24-25)19(27)22-16-5-2-3-6-16/h9-11,13,16-17H,2-8,12H2,1H3,(H,22,27)/t17-/m0/s1. The Morgan fingerprint density at radius 1 is 1.18 bits per heavy atom. The molecule has 8 heteroatoms. The second kappa shape index (κ2) is 8.08. The van der Waals surface area contributed by atoms with Crippen LogP contribution >= 0.6 is 0 Å². The molecule has 1 aliphatic carbocycles. The van der Waals surface area contributed by atoms with Crippen LogP contribution in [-0.2, 0) is 6.54 Å². The Kier molecular flexibility index (Phi) is 5.36. The van der Waals surface area contributed by atoms with Crippen LogP contribution in [0.4, 0.5) is 0 Å². The number of carbonyl (C=O) groups excluding carboxylic acids is 2. The van der Waals surface area contributed by atoms with Crippen LogP contribution in [0.3, 0.4) is 0 Å². The molecule has 1 saturated carbocycles. The molecule has 1 saturated heterocycles.